The van der Waals surface area contributed by atoms with Crippen LogP contribution in [0.2, 0.25) is 0 Å². The molecule has 0 aliphatic carbocycles. The summed E-state index contributed by atoms with van der Waals surface area (Å²) >= 11 is 0. The molecule has 1 aliphatic heterocycles. The first-order valence-corrected chi connectivity index (χ1v) is 7.16. The molecule has 22 heavy (non-hydrogen) atoms. The molecule has 1 unspecified atom stereocenters. The smallest absolute Gasteiger partial charge is 0.310 e. The highest BCUT2D eigenvalue weighted by Crippen LogP contribution is 2.30. The van der Waals surface area contributed by atoms with Gasteiger partial charge in [-0.2, -0.15) is 0 Å². The molecule has 6 nitrogen and oxygen atoms in total. The first kappa shape index (κ1) is 16.0. The van der Waals surface area contributed by atoms with Crippen molar-refractivity contribution < 1.29 is 29.3 Å². The van der Waals surface area contributed by atoms with E-state index in [0.29, 0.717) is 6.42 Å². The van der Waals surface area contributed by atoms with Gasteiger partial charge in [-0.25, -0.2) is 0 Å². The lowest BCUT2D eigenvalue weighted by molar-refractivity contribution is -0.148. The van der Waals surface area contributed by atoms with E-state index in [0.717, 1.165) is 6.07 Å². The summed E-state index contributed by atoms with van der Waals surface area (Å²) in [5, 5.41) is 19.4. The predicted octanol–water partition coefficient (Wildman–Crippen LogP) is 1.90. The van der Waals surface area contributed by atoms with Crippen LogP contribution in [0.25, 0.3) is 0 Å². The number of hydrogen-bond acceptors (Lipinski definition) is 6. The van der Waals surface area contributed by atoms with E-state index >= 15 is 0 Å². The summed E-state index contributed by atoms with van der Waals surface area (Å²) in [7, 11) is 0. The number of cyclic esters (lactones) is 1. The number of carbonyl (C=O) groups excluding carboxylic acids is 3. The van der Waals surface area contributed by atoms with Gasteiger partial charge in [0.25, 0.3) is 0 Å². The van der Waals surface area contributed by atoms with E-state index in [2.05, 4.69) is 0 Å². The average molecular weight is 308 g/mol. The Hall–Kier alpha value is -2.37. The van der Waals surface area contributed by atoms with Crippen molar-refractivity contribution in [1.29, 1.82) is 0 Å². The molecule has 0 fully saturated rings. The molecule has 118 valence electrons. The van der Waals surface area contributed by atoms with E-state index in [1.807, 2.05) is 0 Å². The maximum atomic E-state index is 12.2. The summed E-state index contributed by atoms with van der Waals surface area (Å²) in [6.07, 6.45) is 0.0854. The minimum Gasteiger partial charge on any atom is -0.508 e. The molecule has 2 rings (SSSR count). The van der Waals surface area contributed by atoms with Crippen molar-refractivity contribution in [2.45, 2.75) is 45.1 Å². The van der Waals surface area contributed by atoms with Gasteiger partial charge >= 0.3 is 5.97 Å². The van der Waals surface area contributed by atoms with Gasteiger partial charge in [0.2, 0.25) is 0 Å². The molecule has 0 amide bonds. The molecular formula is C16H18O6. The van der Waals surface area contributed by atoms with Gasteiger partial charge in [0.1, 0.15) is 17.3 Å². The second-order valence-electron chi connectivity index (χ2n) is 5.48. The fraction of sp³-hybridized carbons (Fsp3) is 0.438. The standard InChI is InChI=1S/C16H18O6/c1-9-2-3-11(17)4-5-13(19)16-10(7-15(21)22-9)6-12(18)8-14(16)20/h6,8-9,18,20H,2-5,7H2,1H3/i7+1,15+1. The summed E-state index contributed by atoms with van der Waals surface area (Å²) in [6.45, 7) is 1.70. The van der Waals surface area contributed by atoms with Crippen LogP contribution in [0.4, 0.5) is 0 Å². The predicted molar refractivity (Wildman–Crippen MR) is 76.8 cm³/mol. The lowest BCUT2D eigenvalue weighted by Gasteiger charge is -2.16. The number of phenols is 2. The highest BCUT2D eigenvalue weighted by molar-refractivity contribution is 6.02. The number of esters is 1. The first-order chi connectivity index (χ1) is 10.4. The number of hydrogen-bond donors (Lipinski definition) is 2. The summed E-state index contributed by atoms with van der Waals surface area (Å²) in [6, 6.07) is 2.30. The van der Waals surface area contributed by atoms with E-state index in [1.165, 1.54) is 6.07 Å². The van der Waals surface area contributed by atoms with E-state index in [4.69, 9.17) is 4.74 Å². The average Bonchev–Trinajstić information content (AvgIpc) is 2.40. The topological polar surface area (TPSA) is 101 Å². The molecule has 0 saturated heterocycles. The van der Waals surface area contributed by atoms with Gasteiger partial charge < -0.3 is 14.9 Å². The number of phenolic OH excluding ortho intramolecular Hbond substituents is 2. The number of carbonyl (C=O) groups is 3. The van der Waals surface area contributed by atoms with Crippen LogP contribution in [-0.2, 0) is 20.7 Å². The van der Waals surface area contributed by atoms with Crippen LogP contribution >= 0.6 is 0 Å². The number of fused-ring (bicyclic) bond motifs is 1. The van der Waals surface area contributed by atoms with Gasteiger partial charge in [-0.1, -0.05) is 0 Å². The van der Waals surface area contributed by atoms with Gasteiger partial charge in [-0.3, -0.25) is 14.4 Å². The molecule has 1 aliphatic rings. The zero-order chi connectivity index (χ0) is 16.3. The Balaban J connectivity index is 2.40. The molecule has 1 aromatic carbocycles. The Kier molecular flexibility index (Phi) is 4.80. The van der Waals surface area contributed by atoms with Crippen LogP contribution < -0.4 is 0 Å². The Morgan fingerprint density at radius 2 is 1.82 bits per heavy atom. The molecule has 6 heteroatoms. The Bertz CT molecular complexity index is 619. The van der Waals surface area contributed by atoms with Crippen molar-refractivity contribution >= 4 is 17.5 Å². The molecule has 2 N–H and O–H groups in total. The third-order valence-corrected chi connectivity index (χ3v) is 3.59. The van der Waals surface area contributed by atoms with Crippen LogP contribution in [-0.4, -0.2) is 33.9 Å². The van der Waals surface area contributed by atoms with E-state index < -0.39 is 23.6 Å². The summed E-state index contributed by atoms with van der Waals surface area (Å²) in [4.78, 5) is 35.9. The second-order valence-corrected chi connectivity index (χ2v) is 5.48. The normalized spacial score (nSPS) is 20.6. The van der Waals surface area contributed by atoms with Crippen molar-refractivity contribution in [2.75, 3.05) is 0 Å². The van der Waals surface area contributed by atoms with Gasteiger partial charge in [0.05, 0.1) is 18.1 Å². The van der Waals surface area contributed by atoms with Crippen molar-refractivity contribution in [3.63, 3.8) is 0 Å². The van der Waals surface area contributed by atoms with Crippen molar-refractivity contribution in [3.8, 4) is 11.5 Å². The van der Waals surface area contributed by atoms with Crippen molar-refractivity contribution in [3.05, 3.63) is 23.3 Å². The lowest BCUT2D eigenvalue weighted by Crippen LogP contribution is -2.20. The second kappa shape index (κ2) is 6.60. The minimum absolute atomic E-state index is 0.0317. The first-order valence-electron chi connectivity index (χ1n) is 7.16. The quantitative estimate of drug-likeness (QED) is 0.561. The third-order valence-electron chi connectivity index (χ3n) is 3.59. The SMILES string of the molecule is CC1CCC(=O)CCC(=O)c2c(O)cc(O)cc2[13CH2][13C](=O)O1. The third kappa shape index (κ3) is 3.84. The van der Waals surface area contributed by atoms with Crippen LogP contribution in [0.3, 0.4) is 0 Å². The van der Waals surface area contributed by atoms with E-state index in [1.54, 1.807) is 6.92 Å². The Labute approximate surface area is 127 Å². The van der Waals surface area contributed by atoms with Crippen molar-refractivity contribution in [2.24, 2.45) is 0 Å². The van der Waals surface area contributed by atoms with E-state index in [9.17, 15) is 24.6 Å². The van der Waals surface area contributed by atoms with Gasteiger partial charge in [-0.05, 0) is 25.0 Å². The Morgan fingerprint density at radius 1 is 1.09 bits per heavy atom. The number of Topliss-reactive ketones (excluding diaryl/α,β-unsaturated/α-hetero) is 2. The zero-order valence-electron chi connectivity index (χ0n) is 12.3. The molecule has 0 bridgehead atoms. The monoisotopic (exact) mass is 308 g/mol. The van der Waals surface area contributed by atoms with Crippen LogP contribution in [0.5, 0.6) is 11.5 Å². The van der Waals surface area contributed by atoms with Crippen LogP contribution in [0.1, 0.15) is 48.5 Å². The summed E-state index contributed by atoms with van der Waals surface area (Å²) in [5.74, 6) is -1.73. The van der Waals surface area contributed by atoms with Gasteiger partial charge in [0.15, 0.2) is 5.78 Å². The number of ether oxygens (including phenoxy) is 1. The number of aromatic hydroxyl groups is 2. The van der Waals surface area contributed by atoms with Gasteiger partial charge in [0, 0.05) is 25.3 Å². The fourth-order valence-corrected chi connectivity index (χ4v) is 2.48. The Morgan fingerprint density at radius 3 is 2.55 bits per heavy atom. The molecule has 0 aromatic heterocycles. The van der Waals surface area contributed by atoms with E-state index in [-0.39, 0.29) is 48.3 Å². The highest BCUT2D eigenvalue weighted by Gasteiger charge is 2.23. The fourth-order valence-electron chi connectivity index (χ4n) is 2.48. The summed E-state index contributed by atoms with van der Waals surface area (Å²) < 4.78 is 5.18. The summed E-state index contributed by atoms with van der Waals surface area (Å²) in [5.41, 5.74) is 0.170. The maximum absolute atomic E-state index is 12.2. The van der Waals surface area contributed by atoms with Crippen LogP contribution in [0, 0.1) is 0 Å². The number of rotatable bonds is 0. The minimum atomic E-state index is -0.570. The largest absolute Gasteiger partial charge is 0.508 e. The van der Waals surface area contributed by atoms with Crippen molar-refractivity contribution in [1.82, 2.24) is 0 Å². The molecular weight excluding hydrogens is 290 g/mol. The number of benzene rings is 1. The molecule has 0 radical (unpaired) electrons. The lowest BCUT2D eigenvalue weighted by atomic mass is 9.99. The highest BCUT2D eigenvalue weighted by atomic mass is 16.6. The molecule has 0 saturated carbocycles. The molecule has 1 heterocycles. The van der Waals surface area contributed by atoms with Crippen LogP contribution in [0.15, 0.2) is 12.1 Å². The molecule has 1 aromatic rings. The zero-order valence-corrected chi connectivity index (χ0v) is 12.3. The molecule has 0 spiro atoms. The maximum Gasteiger partial charge on any atom is 0.310 e. The number of ketones is 2. The van der Waals surface area contributed by atoms with Gasteiger partial charge in [-0.15, -0.1) is 0 Å². The molecule has 1 atom stereocenters.